The van der Waals surface area contributed by atoms with E-state index in [2.05, 4.69) is 9.88 Å². The van der Waals surface area contributed by atoms with Gasteiger partial charge in [-0.3, -0.25) is 4.79 Å². The van der Waals surface area contributed by atoms with Crippen molar-refractivity contribution in [3.05, 3.63) is 63.9 Å². The fourth-order valence-electron chi connectivity index (χ4n) is 2.13. The van der Waals surface area contributed by atoms with Gasteiger partial charge in [-0.25, -0.2) is 17.9 Å². The molecule has 1 aromatic heterocycles. The molecule has 0 aliphatic rings. The summed E-state index contributed by atoms with van der Waals surface area (Å²) in [4.78, 5) is 22.2. The van der Waals surface area contributed by atoms with Crippen molar-refractivity contribution in [2.24, 2.45) is 0 Å². The Morgan fingerprint density at radius 1 is 1.17 bits per heavy atom. The lowest BCUT2D eigenvalue weighted by Crippen LogP contribution is -2.23. The van der Waals surface area contributed by atoms with E-state index in [1.54, 1.807) is 0 Å². The third-order valence-corrected chi connectivity index (χ3v) is 4.83. The topological polar surface area (TPSA) is 129 Å². The highest BCUT2D eigenvalue weighted by atomic mass is 32.2. The number of H-pyrrole nitrogens is 1. The van der Waals surface area contributed by atoms with Crippen LogP contribution >= 0.6 is 0 Å². The first-order chi connectivity index (χ1) is 11.4. The summed E-state index contributed by atoms with van der Waals surface area (Å²) in [6, 6.07) is 9.78. The molecule has 0 radical (unpaired) electrons. The van der Waals surface area contributed by atoms with E-state index in [0.29, 0.717) is 5.56 Å². The van der Waals surface area contributed by atoms with E-state index in [1.807, 2.05) is 0 Å². The summed E-state index contributed by atoms with van der Waals surface area (Å²) in [5.41, 5.74) is 0.478. The zero-order chi connectivity index (χ0) is 17.3. The monoisotopic (exact) mass is 348 g/mol. The Bertz CT molecular complexity index is 1060. The number of carboxylic acid groups (broad SMARTS) is 1. The third kappa shape index (κ3) is 3.07. The van der Waals surface area contributed by atoms with Crippen molar-refractivity contribution in [3.63, 3.8) is 0 Å². The number of benzene rings is 2. The van der Waals surface area contributed by atoms with E-state index in [9.17, 15) is 18.0 Å². The molecule has 0 saturated heterocycles. The number of carbonyl (C=O) groups is 1. The van der Waals surface area contributed by atoms with E-state index in [-0.39, 0.29) is 28.0 Å². The number of aromatic carboxylic acids is 1. The molecule has 0 aliphatic carbocycles. The van der Waals surface area contributed by atoms with E-state index in [4.69, 9.17) is 9.63 Å². The molecule has 0 saturated carbocycles. The van der Waals surface area contributed by atoms with E-state index in [0.717, 1.165) is 0 Å². The van der Waals surface area contributed by atoms with Gasteiger partial charge in [0.15, 0.2) is 5.58 Å². The van der Waals surface area contributed by atoms with Crippen LogP contribution in [0.25, 0.3) is 11.0 Å². The first-order valence-corrected chi connectivity index (χ1v) is 8.28. The molecular weight excluding hydrogens is 336 g/mol. The second-order valence-corrected chi connectivity index (χ2v) is 6.78. The minimum absolute atomic E-state index is 0.0119. The summed E-state index contributed by atoms with van der Waals surface area (Å²) in [7, 11) is -3.83. The van der Waals surface area contributed by atoms with Crippen molar-refractivity contribution in [2.45, 2.75) is 11.4 Å². The molecule has 3 N–H and O–H groups in total. The molecule has 24 heavy (non-hydrogen) atoms. The van der Waals surface area contributed by atoms with E-state index in [1.165, 1.54) is 42.5 Å². The lowest BCUT2D eigenvalue weighted by Gasteiger charge is -2.07. The maximum atomic E-state index is 12.3. The first-order valence-electron chi connectivity index (χ1n) is 6.80. The van der Waals surface area contributed by atoms with Crippen molar-refractivity contribution in [1.29, 1.82) is 0 Å². The molecule has 124 valence electrons. The molecule has 9 heteroatoms. The van der Waals surface area contributed by atoms with Crippen molar-refractivity contribution < 1.29 is 22.8 Å². The van der Waals surface area contributed by atoms with Crippen molar-refractivity contribution >= 4 is 27.0 Å². The maximum absolute atomic E-state index is 12.3. The number of hydrogen-bond acceptors (Lipinski definition) is 5. The number of aromatic amines is 1. The maximum Gasteiger partial charge on any atom is 0.335 e. The standard InChI is InChI=1S/C15H12N2O6S/c18-14-12-7-11(5-6-13(12)23-17-14)24(21,22)16-8-9-1-3-10(4-2-9)15(19)20/h1-7,16H,8H2,(H,17,18)(H,19,20). The molecule has 0 aliphatic heterocycles. The predicted octanol–water partition coefficient (Wildman–Crippen LogP) is 1.30. The van der Waals surface area contributed by atoms with Crippen LogP contribution in [0.3, 0.4) is 0 Å². The number of hydrogen-bond donors (Lipinski definition) is 3. The number of rotatable bonds is 5. The van der Waals surface area contributed by atoms with Crippen LogP contribution in [0, 0.1) is 0 Å². The summed E-state index contributed by atoms with van der Waals surface area (Å²) < 4.78 is 31.9. The number of carboxylic acids is 1. The van der Waals surface area contributed by atoms with E-state index >= 15 is 0 Å². The lowest BCUT2D eigenvalue weighted by atomic mass is 10.1. The molecule has 0 spiro atoms. The van der Waals surface area contributed by atoms with Crippen molar-refractivity contribution in [1.82, 2.24) is 9.88 Å². The van der Waals surface area contributed by atoms with Gasteiger partial charge >= 0.3 is 5.97 Å². The van der Waals surface area contributed by atoms with Gasteiger partial charge in [-0.15, -0.1) is 0 Å². The highest BCUT2D eigenvalue weighted by Crippen LogP contribution is 2.16. The van der Waals surface area contributed by atoms with Crippen LogP contribution < -0.4 is 10.3 Å². The van der Waals surface area contributed by atoms with Gasteiger partial charge in [0.2, 0.25) is 10.0 Å². The molecule has 0 bridgehead atoms. The Balaban J connectivity index is 1.80. The number of sulfonamides is 1. The zero-order valence-corrected chi connectivity index (χ0v) is 13.0. The molecule has 0 atom stereocenters. The second kappa shape index (κ2) is 5.95. The van der Waals surface area contributed by atoms with Crippen molar-refractivity contribution in [3.8, 4) is 0 Å². The summed E-state index contributed by atoms with van der Waals surface area (Å²) in [5.74, 6) is -1.05. The molecule has 0 unspecified atom stereocenters. The summed E-state index contributed by atoms with van der Waals surface area (Å²) in [6.07, 6.45) is 0. The molecule has 1 heterocycles. The lowest BCUT2D eigenvalue weighted by molar-refractivity contribution is 0.0697. The molecule has 0 amide bonds. The summed E-state index contributed by atoms with van der Waals surface area (Å²) in [5, 5.41) is 11.1. The zero-order valence-electron chi connectivity index (χ0n) is 12.1. The van der Waals surface area contributed by atoms with Gasteiger partial charge in [0.05, 0.1) is 15.8 Å². The first kappa shape index (κ1) is 16.0. The van der Waals surface area contributed by atoms with Gasteiger partial charge < -0.3 is 9.63 Å². The third-order valence-electron chi connectivity index (χ3n) is 3.43. The molecular formula is C15H12N2O6S. The normalized spacial score (nSPS) is 11.7. The highest BCUT2D eigenvalue weighted by molar-refractivity contribution is 7.89. The van der Waals surface area contributed by atoms with Crippen LogP contribution in [0.1, 0.15) is 15.9 Å². The average molecular weight is 348 g/mol. The van der Waals surface area contributed by atoms with Gasteiger partial charge in [0.25, 0.3) is 5.56 Å². The Labute approximate surface area is 135 Å². The molecule has 8 nitrogen and oxygen atoms in total. The van der Waals surface area contributed by atoms with Gasteiger partial charge in [-0.1, -0.05) is 12.1 Å². The Hall–Kier alpha value is -2.91. The van der Waals surface area contributed by atoms with Crippen LogP contribution in [0.2, 0.25) is 0 Å². The quantitative estimate of drug-likeness (QED) is 0.637. The van der Waals surface area contributed by atoms with Crippen LogP contribution in [0.15, 0.2) is 56.7 Å². The smallest absolute Gasteiger partial charge is 0.335 e. The average Bonchev–Trinajstić information content (AvgIpc) is 2.94. The summed E-state index contributed by atoms with van der Waals surface area (Å²) in [6.45, 7) is -0.0119. The van der Waals surface area contributed by atoms with Crippen molar-refractivity contribution in [2.75, 3.05) is 0 Å². The second-order valence-electron chi connectivity index (χ2n) is 5.02. The fraction of sp³-hybridized carbons (Fsp3) is 0.0667. The minimum Gasteiger partial charge on any atom is -0.478 e. The predicted molar refractivity (Wildman–Crippen MR) is 84.3 cm³/mol. The van der Waals surface area contributed by atoms with Gasteiger partial charge in [-0.2, -0.15) is 5.16 Å². The Kier molecular flexibility index (Phi) is 3.96. The number of nitrogens with one attached hydrogen (secondary N) is 2. The van der Waals surface area contributed by atoms with E-state index < -0.39 is 21.6 Å². The van der Waals surface area contributed by atoms with Crippen LogP contribution in [-0.4, -0.2) is 24.7 Å². The van der Waals surface area contributed by atoms with Crippen LogP contribution in [0.5, 0.6) is 0 Å². The van der Waals surface area contributed by atoms with Crippen LogP contribution in [-0.2, 0) is 16.6 Å². The SMILES string of the molecule is O=C(O)c1ccc(CNS(=O)(=O)c2ccc3o[nH]c(=O)c3c2)cc1. The molecule has 0 fully saturated rings. The number of aromatic nitrogens is 1. The molecule has 3 rings (SSSR count). The summed E-state index contributed by atoms with van der Waals surface area (Å²) >= 11 is 0. The van der Waals surface area contributed by atoms with Gasteiger partial charge in [0.1, 0.15) is 0 Å². The fourth-order valence-corrected chi connectivity index (χ4v) is 3.17. The minimum atomic E-state index is -3.83. The Morgan fingerprint density at radius 3 is 2.54 bits per heavy atom. The number of fused-ring (bicyclic) bond motifs is 1. The molecule has 2 aromatic carbocycles. The van der Waals surface area contributed by atoms with Crippen LogP contribution in [0.4, 0.5) is 0 Å². The largest absolute Gasteiger partial charge is 0.478 e. The highest BCUT2D eigenvalue weighted by Gasteiger charge is 2.16. The van der Waals surface area contributed by atoms with Gasteiger partial charge in [0, 0.05) is 6.54 Å². The Morgan fingerprint density at radius 2 is 1.88 bits per heavy atom. The van der Waals surface area contributed by atoms with Gasteiger partial charge in [-0.05, 0) is 35.9 Å². The molecule has 3 aromatic rings.